The van der Waals surface area contributed by atoms with E-state index in [4.69, 9.17) is 4.74 Å². The number of aryl methyl sites for hydroxylation is 1. The fourth-order valence-electron chi connectivity index (χ4n) is 4.79. The van der Waals surface area contributed by atoms with Gasteiger partial charge in [-0.3, -0.25) is 13.3 Å². The van der Waals surface area contributed by atoms with Gasteiger partial charge in [-0.1, -0.05) is 24.3 Å². The molecule has 0 saturated carbocycles. The number of nitrogens with one attached hydrogen (secondary N) is 1. The Kier molecular flexibility index (Phi) is 7.83. The molecule has 0 radical (unpaired) electrons. The smallest absolute Gasteiger partial charge is 0.140 e. The third kappa shape index (κ3) is 6.21. The lowest BCUT2D eigenvalue weighted by Gasteiger charge is -2.25. The molecule has 5 heterocycles. The number of anilines is 1. The van der Waals surface area contributed by atoms with E-state index in [9.17, 15) is 4.21 Å². The van der Waals surface area contributed by atoms with Crippen LogP contribution in [-0.4, -0.2) is 76.0 Å². The lowest BCUT2D eigenvalue weighted by molar-refractivity contribution is 0.247. The van der Waals surface area contributed by atoms with Crippen molar-refractivity contribution in [3.63, 3.8) is 0 Å². The van der Waals surface area contributed by atoms with Crippen molar-refractivity contribution >= 4 is 22.3 Å². The summed E-state index contributed by atoms with van der Waals surface area (Å²) in [7, 11) is 1.28. The maximum atomic E-state index is 11.5. The molecule has 1 fully saturated rings. The van der Waals surface area contributed by atoms with E-state index in [0.29, 0.717) is 13.2 Å². The Morgan fingerprint density at radius 3 is 2.65 bits per heavy atom. The van der Waals surface area contributed by atoms with Gasteiger partial charge in [0.1, 0.15) is 23.5 Å². The largest absolute Gasteiger partial charge is 0.493 e. The van der Waals surface area contributed by atoms with Crippen LogP contribution in [0.15, 0.2) is 73.6 Å². The molecule has 0 unspecified atom stereocenters. The van der Waals surface area contributed by atoms with Gasteiger partial charge in [0.2, 0.25) is 0 Å². The van der Waals surface area contributed by atoms with E-state index in [1.54, 1.807) is 11.0 Å². The van der Waals surface area contributed by atoms with Gasteiger partial charge >= 0.3 is 0 Å². The second-order valence-electron chi connectivity index (χ2n) is 9.87. The fourth-order valence-corrected chi connectivity index (χ4v) is 5.92. The van der Waals surface area contributed by atoms with Crippen LogP contribution in [0.5, 0.6) is 5.75 Å². The topological polar surface area (TPSA) is 102 Å². The lowest BCUT2D eigenvalue weighted by Crippen LogP contribution is -2.38. The van der Waals surface area contributed by atoms with E-state index in [1.807, 2.05) is 54.4 Å². The van der Waals surface area contributed by atoms with Gasteiger partial charge in [-0.2, -0.15) is 5.10 Å². The van der Waals surface area contributed by atoms with E-state index in [2.05, 4.69) is 54.5 Å². The molecule has 1 saturated heterocycles. The number of imidazole rings is 1. The van der Waals surface area contributed by atoms with Gasteiger partial charge < -0.3 is 15.0 Å². The minimum atomic E-state index is -0.636. The highest BCUT2D eigenvalue weighted by Crippen LogP contribution is 2.24. The predicted molar refractivity (Wildman–Crippen MR) is 157 cm³/mol. The molecule has 4 aromatic heterocycles. The first kappa shape index (κ1) is 26.1. The van der Waals surface area contributed by atoms with Crippen LogP contribution in [0.2, 0.25) is 0 Å². The van der Waals surface area contributed by atoms with Crippen molar-refractivity contribution < 1.29 is 8.95 Å². The van der Waals surface area contributed by atoms with Crippen LogP contribution in [0.1, 0.15) is 12.0 Å². The number of aromatic nitrogens is 6. The first-order valence-corrected chi connectivity index (χ1v) is 14.9. The summed E-state index contributed by atoms with van der Waals surface area (Å²) in [6, 6.07) is 14.3. The van der Waals surface area contributed by atoms with E-state index >= 15 is 0 Å². The summed E-state index contributed by atoms with van der Waals surface area (Å²) in [4.78, 5) is 15.8. The average molecular weight is 557 g/mol. The van der Waals surface area contributed by atoms with Gasteiger partial charge in [-0.15, -0.1) is 0 Å². The molecule has 0 amide bonds. The summed E-state index contributed by atoms with van der Waals surface area (Å²) in [5.41, 5.74) is 5.86. The van der Waals surface area contributed by atoms with Crippen LogP contribution < -0.4 is 10.1 Å². The number of pyridine rings is 1. The van der Waals surface area contributed by atoms with Crippen molar-refractivity contribution in [2.24, 2.45) is 7.05 Å². The molecule has 1 N–H and O–H groups in total. The molecule has 6 rings (SSSR count). The zero-order valence-corrected chi connectivity index (χ0v) is 23.3. The molecule has 0 spiro atoms. The molecular formula is C29H32N8O2S. The molecule has 5 aromatic rings. The molecule has 1 aliphatic heterocycles. The van der Waals surface area contributed by atoms with Gasteiger partial charge in [-0.25, -0.2) is 15.0 Å². The van der Waals surface area contributed by atoms with Crippen molar-refractivity contribution in [2.75, 3.05) is 43.1 Å². The second kappa shape index (κ2) is 12.0. The van der Waals surface area contributed by atoms with Crippen LogP contribution in [0.3, 0.4) is 0 Å². The van der Waals surface area contributed by atoms with Crippen LogP contribution in [0.4, 0.5) is 5.82 Å². The summed E-state index contributed by atoms with van der Waals surface area (Å²) >= 11 is 0. The molecule has 10 nitrogen and oxygen atoms in total. The zero-order chi connectivity index (χ0) is 27.3. The fraction of sp³-hybridized carbons (Fsp3) is 0.310. The second-order valence-corrected chi connectivity index (χ2v) is 11.6. The van der Waals surface area contributed by atoms with Gasteiger partial charge in [0, 0.05) is 85.6 Å². The van der Waals surface area contributed by atoms with Crippen molar-refractivity contribution in [1.82, 2.24) is 34.0 Å². The van der Waals surface area contributed by atoms with Crippen LogP contribution in [0, 0.1) is 0 Å². The minimum Gasteiger partial charge on any atom is -0.493 e. The monoisotopic (exact) mass is 556 g/mol. The molecule has 1 aliphatic rings. The quantitative estimate of drug-likeness (QED) is 0.260. The molecule has 1 aromatic carbocycles. The lowest BCUT2D eigenvalue weighted by atomic mass is 10.1. The van der Waals surface area contributed by atoms with Gasteiger partial charge in [0.05, 0.1) is 30.4 Å². The van der Waals surface area contributed by atoms with Crippen molar-refractivity contribution in [1.29, 1.82) is 0 Å². The van der Waals surface area contributed by atoms with E-state index in [0.717, 1.165) is 82.9 Å². The van der Waals surface area contributed by atoms with Gasteiger partial charge in [0.25, 0.3) is 0 Å². The summed E-state index contributed by atoms with van der Waals surface area (Å²) in [6.45, 7) is 4.07. The highest BCUT2D eigenvalue weighted by molar-refractivity contribution is 7.85. The van der Waals surface area contributed by atoms with Crippen LogP contribution in [-0.2, 0) is 24.4 Å². The zero-order valence-electron chi connectivity index (χ0n) is 22.4. The third-order valence-corrected chi connectivity index (χ3v) is 8.31. The number of ether oxygens (including phenoxy) is 1. The highest BCUT2D eigenvalue weighted by Gasteiger charge is 2.14. The summed E-state index contributed by atoms with van der Waals surface area (Å²) in [6.07, 6.45) is 10.2. The summed E-state index contributed by atoms with van der Waals surface area (Å²) < 4.78 is 21.3. The standard InChI is InChI=1S/C29H32N8O2S/c1-35-20-24(18-34-35)23-5-3-22(4-6-23)17-30-28-16-26(32-21-33-28)27-19-31-29-15-25(7-9-37(27)29)39-12-2-8-36-10-13-40(38)14-11-36/h3-7,9,15-16,18-21H,2,8,10-14,17H2,1H3,(H,30,32,33). The van der Waals surface area contributed by atoms with Crippen LogP contribution in [0.25, 0.3) is 28.2 Å². The molecule has 0 bridgehead atoms. The Balaban J connectivity index is 1.05. The highest BCUT2D eigenvalue weighted by atomic mass is 32.2. The first-order chi connectivity index (χ1) is 19.6. The summed E-state index contributed by atoms with van der Waals surface area (Å²) in [5, 5.41) is 7.65. The van der Waals surface area contributed by atoms with E-state index in [-0.39, 0.29) is 0 Å². The van der Waals surface area contributed by atoms with E-state index < -0.39 is 10.8 Å². The molecule has 206 valence electrons. The Morgan fingerprint density at radius 2 is 1.85 bits per heavy atom. The predicted octanol–water partition coefficient (Wildman–Crippen LogP) is 3.64. The average Bonchev–Trinajstić information content (AvgIpc) is 3.62. The Hall–Kier alpha value is -4.09. The SMILES string of the molecule is Cn1cc(-c2ccc(CNc3cc(-c4cnc5cc(OCCCN6CCS(=O)CC6)ccn45)ncn3)cc2)cn1. The molecule has 0 aliphatic carbocycles. The van der Waals surface area contributed by atoms with Gasteiger partial charge in [0.15, 0.2) is 0 Å². The van der Waals surface area contributed by atoms with Crippen molar-refractivity contribution in [3.8, 4) is 28.3 Å². The molecule has 11 heteroatoms. The van der Waals surface area contributed by atoms with Crippen LogP contribution >= 0.6 is 0 Å². The maximum Gasteiger partial charge on any atom is 0.140 e. The Labute approximate surface area is 235 Å². The number of rotatable bonds is 10. The number of fused-ring (bicyclic) bond motifs is 1. The first-order valence-electron chi connectivity index (χ1n) is 13.4. The Morgan fingerprint density at radius 1 is 1.00 bits per heavy atom. The number of benzene rings is 1. The van der Waals surface area contributed by atoms with E-state index in [1.165, 1.54) is 0 Å². The molecule has 0 atom stereocenters. The number of hydrogen-bond acceptors (Lipinski definition) is 8. The van der Waals surface area contributed by atoms with Crippen molar-refractivity contribution in [3.05, 3.63) is 79.1 Å². The number of hydrogen-bond donors (Lipinski definition) is 1. The molecular weight excluding hydrogens is 524 g/mol. The normalized spacial score (nSPS) is 14.5. The maximum absolute atomic E-state index is 11.5. The van der Waals surface area contributed by atoms with Crippen molar-refractivity contribution in [2.45, 2.75) is 13.0 Å². The molecule has 40 heavy (non-hydrogen) atoms. The van der Waals surface area contributed by atoms with Gasteiger partial charge in [-0.05, 0) is 23.6 Å². The summed E-state index contributed by atoms with van der Waals surface area (Å²) in [5.74, 6) is 3.11. The Bertz CT molecular complexity index is 1600. The third-order valence-electron chi connectivity index (χ3n) is 7.04. The number of nitrogens with zero attached hydrogens (tertiary/aromatic N) is 7. The minimum absolute atomic E-state index is 0.635.